The number of carbonyl (C=O) groups excluding carboxylic acids is 3. The molecular weight excluding hydrogens is 428 g/mol. The molecule has 0 fully saturated rings. The molecule has 2 aromatic rings. The molecule has 1 aromatic carbocycles. The number of amides is 3. The van der Waals surface area contributed by atoms with Gasteiger partial charge in [0, 0.05) is 51.6 Å². The van der Waals surface area contributed by atoms with Gasteiger partial charge in [-0.3, -0.25) is 14.4 Å². The lowest BCUT2D eigenvalue weighted by Crippen LogP contribution is -2.37. The van der Waals surface area contributed by atoms with Crippen molar-refractivity contribution in [3.05, 3.63) is 34.8 Å². The van der Waals surface area contributed by atoms with Crippen molar-refractivity contribution in [2.24, 2.45) is 0 Å². The average Bonchev–Trinajstić information content (AvgIpc) is 3.15. The Labute approximate surface area is 192 Å². The molecule has 3 rings (SSSR count). The number of hydrogen-bond donors (Lipinski definition) is 1. The van der Waals surface area contributed by atoms with Crippen LogP contribution in [0, 0.1) is 6.92 Å². The van der Waals surface area contributed by atoms with E-state index in [1.54, 1.807) is 16.7 Å². The maximum Gasteiger partial charge on any atom is 0.226 e. The van der Waals surface area contributed by atoms with Crippen molar-refractivity contribution in [3.8, 4) is 0 Å². The second kappa shape index (κ2) is 11.1. The minimum Gasteiger partial charge on any atom is -0.337 e. The highest BCUT2D eigenvalue weighted by molar-refractivity contribution is 7.15. The van der Waals surface area contributed by atoms with Crippen molar-refractivity contribution in [3.63, 3.8) is 0 Å². The number of anilines is 2. The summed E-state index contributed by atoms with van der Waals surface area (Å²) in [7, 11) is 2.02. The van der Waals surface area contributed by atoms with Crippen LogP contribution >= 0.6 is 11.3 Å². The minimum absolute atomic E-state index is 0.0131. The fourth-order valence-corrected chi connectivity index (χ4v) is 4.27. The van der Waals surface area contributed by atoms with Gasteiger partial charge in [-0.2, -0.15) is 0 Å². The van der Waals surface area contributed by atoms with Crippen molar-refractivity contribution in [2.45, 2.75) is 39.7 Å². The van der Waals surface area contributed by atoms with Crippen LogP contribution in [0.3, 0.4) is 0 Å². The SMILES string of the molecule is CC(=O)N1CCCN(C)CCN(C(=O)CCC(=O)Nc2nnc(C)s2)Cc2ccccc21. The van der Waals surface area contributed by atoms with Gasteiger partial charge < -0.3 is 20.0 Å². The number of aromatic nitrogens is 2. The van der Waals surface area contributed by atoms with Crippen LogP contribution in [0.25, 0.3) is 0 Å². The average molecular weight is 459 g/mol. The molecule has 0 saturated heterocycles. The summed E-state index contributed by atoms with van der Waals surface area (Å²) in [5, 5.41) is 11.7. The Morgan fingerprint density at radius 3 is 2.56 bits per heavy atom. The third-order valence-electron chi connectivity index (χ3n) is 5.39. The third-order valence-corrected chi connectivity index (χ3v) is 6.14. The van der Waals surface area contributed by atoms with Crippen LogP contribution < -0.4 is 10.2 Å². The van der Waals surface area contributed by atoms with E-state index in [-0.39, 0.29) is 30.6 Å². The fraction of sp³-hybridized carbons (Fsp3) is 0.500. The molecule has 0 bridgehead atoms. The minimum atomic E-state index is -0.257. The third kappa shape index (κ3) is 6.57. The molecule has 0 atom stereocenters. The molecule has 0 spiro atoms. The summed E-state index contributed by atoms with van der Waals surface area (Å²) in [5.74, 6) is -0.362. The first-order valence-corrected chi connectivity index (χ1v) is 11.6. The van der Waals surface area contributed by atoms with E-state index >= 15 is 0 Å². The van der Waals surface area contributed by atoms with Gasteiger partial charge >= 0.3 is 0 Å². The van der Waals surface area contributed by atoms with Gasteiger partial charge in [0.05, 0.1) is 0 Å². The summed E-state index contributed by atoms with van der Waals surface area (Å²) in [5.41, 5.74) is 1.76. The lowest BCUT2D eigenvalue weighted by molar-refractivity contribution is -0.133. The van der Waals surface area contributed by atoms with Crippen LogP contribution in [-0.2, 0) is 20.9 Å². The molecule has 32 heavy (non-hydrogen) atoms. The van der Waals surface area contributed by atoms with E-state index in [0.29, 0.717) is 24.8 Å². The second-order valence-corrected chi connectivity index (χ2v) is 9.13. The number of likely N-dealkylation sites (N-methyl/N-ethyl adjacent to an activating group) is 1. The van der Waals surface area contributed by atoms with E-state index in [9.17, 15) is 14.4 Å². The summed E-state index contributed by atoms with van der Waals surface area (Å²) >= 11 is 1.30. The van der Waals surface area contributed by atoms with Crippen LogP contribution in [0.15, 0.2) is 24.3 Å². The Bertz CT molecular complexity index is 963. The Hall–Kier alpha value is -2.85. The van der Waals surface area contributed by atoms with E-state index in [0.717, 1.165) is 35.8 Å². The Balaban J connectivity index is 1.71. The Morgan fingerprint density at radius 2 is 1.84 bits per heavy atom. The summed E-state index contributed by atoms with van der Waals surface area (Å²) in [6.07, 6.45) is 1.03. The molecule has 0 radical (unpaired) electrons. The van der Waals surface area contributed by atoms with E-state index in [2.05, 4.69) is 20.4 Å². The lowest BCUT2D eigenvalue weighted by Gasteiger charge is -2.27. The van der Waals surface area contributed by atoms with Crippen molar-refractivity contribution in [1.82, 2.24) is 20.0 Å². The quantitative estimate of drug-likeness (QED) is 0.755. The maximum atomic E-state index is 13.1. The fourth-order valence-electron chi connectivity index (χ4n) is 3.66. The number of aryl methyl sites for hydroxylation is 1. The topological polar surface area (TPSA) is 98.7 Å². The highest BCUT2D eigenvalue weighted by Crippen LogP contribution is 2.24. The predicted octanol–water partition coefficient (Wildman–Crippen LogP) is 2.28. The molecule has 1 N–H and O–H groups in total. The maximum absolute atomic E-state index is 13.1. The molecule has 0 aliphatic carbocycles. The zero-order valence-corrected chi connectivity index (χ0v) is 19.7. The first kappa shape index (κ1) is 23.8. The Morgan fingerprint density at radius 1 is 1.06 bits per heavy atom. The number of rotatable bonds is 4. The predicted molar refractivity (Wildman–Crippen MR) is 125 cm³/mol. The van der Waals surface area contributed by atoms with Crippen molar-refractivity contribution >= 4 is 39.9 Å². The Kier molecular flexibility index (Phi) is 8.29. The molecule has 9 nitrogen and oxygen atoms in total. The zero-order valence-electron chi connectivity index (χ0n) is 18.8. The van der Waals surface area contributed by atoms with Gasteiger partial charge in [-0.1, -0.05) is 29.5 Å². The summed E-state index contributed by atoms with van der Waals surface area (Å²) in [4.78, 5) is 43.4. The summed E-state index contributed by atoms with van der Waals surface area (Å²) in [6, 6.07) is 7.71. The zero-order chi connectivity index (χ0) is 23.1. The number of benzene rings is 1. The molecule has 0 saturated carbocycles. The van der Waals surface area contributed by atoms with Crippen LogP contribution in [-0.4, -0.2) is 70.9 Å². The molecule has 3 amide bonds. The number of nitrogens with zero attached hydrogens (tertiary/aromatic N) is 5. The normalized spacial score (nSPS) is 15.6. The van der Waals surface area contributed by atoms with Gasteiger partial charge in [0.2, 0.25) is 22.9 Å². The standard InChI is InChI=1S/C22H30N6O3S/c1-16-24-25-22(32-16)23-20(30)9-10-21(31)27-14-13-26(3)11-6-12-28(17(2)29)19-8-5-4-7-18(19)15-27/h4-5,7-8H,6,9-15H2,1-3H3,(H,23,25,30). The molecule has 10 heteroatoms. The number of para-hydroxylation sites is 1. The van der Waals surface area contributed by atoms with Crippen molar-refractivity contribution in [1.29, 1.82) is 0 Å². The number of nitrogens with one attached hydrogen (secondary N) is 1. The molecule has 1 aromatic heterocycles. The molecule has 0 unspecified atom stereocenters. The van der Waals surface area contributed by atoms with Crippen LogP contribution in [0.4, 0.5) is 10.8 Å². The van der Waals surface area contributed by atoms with Crippen molar-refractivity contribution in [2.75, 3.05) is 43.4 Å². The molecule has 1 aliphatic rings. The van der Waals surface area contributed by atoms with Crippen LogP contribution in [0.2, 0.25) is 0 Å². The van der Waals surface area contributed by atoms with Crippen molar-refractivity contribution < 1.29 is 14.4 Å². The number of fused-ring (bicyclic) bond motifs is 1. The van der Waals surface area contributed by atoms with Gasteiger partial charge in [-0.05, 0) is 38.6 Å². The van der Waals surface area contributed by atoms with Crippen LogP contribution in [0.1, 0.15) is 36.8 Å². The summed E-state index contributed by atoms with van der Waals surface area (Å²) < 4.78 is 0. The summed E-state index contributed by atoms with van der Waals surface area (Å²) in [6.45, 7) is 6.53. The lowest BCUT2D eigenvalue weighted by atomic mass is 10.1. The van der Waals surface area contributed by atoms with Gasteiger partial charge in [0.1, 0.15) is 5.01 Å². The van der Waals surface area contributed by atoms with E-state index in [4.69, 9.17) is 0 Å². The van der Waals surface area contributed by atoms with E-state index in [1.165, 1.54) is 11.3 Å². The van der Waals surface area contributed by atoms with Gasteiger partial charge in [0.15, 0.2) is 0 Å². The highest BCUT2D eigenvalue weighted by Gasteiger charge is 2.22. The molecule has 172 valence electrons. The molecule has 1 aliphatic heterocycles. The van der Waals surface area contributed by atoms with E-state index < -0.39 is 0 Å². The van der Waals surface area contributed by atoms with Gasteiger partial charge in [0.25, 0.3) is 0 Å². The largest absolute Gasteiger partial charge is 0.337 e. The first-order chi connectivity index (χ1) is 15.3. The van der Waals surface area contributed by atoms with E-state index in [1.807, 2.05) is 38.2 Å². The smallest absolute Gasteiger partial charge is 0.226 e. The monoisotopic (exact) mass is 458 g/mol. The van der Waals surface area contributed by atoms with Crippen LogP contribution in [0.5, 0.6) is 0 Å². The first-order valence-electron chi connectivity index (χ1n) is 10.8. The highest BCUT2D eigenvalue weighted by atomic mass is 32.1. The second-order valence-electron chi connectivity index (χ2n) is 7.95. The number of hydrogen-bond acceptors (Lipinski definition) is 7. The molecular formula is C22H30N6O3S. The number of carbonyl (C=O) groups is 3. The van der Waals surface area contributed by atoms with Gasteiger partial charge in [-0.15, -0.1) is 10.2 Å². The molecule has 2 heterocycles. The van der Waals surface area contributed by atoms with Gasteiger partial charge in [-0.25, -0.2) is 0 Å².